The quantitative estimate of drug-likeness (QED) is 0.530. The number of benzene rings is 2. The third-order valence-electron chi connectivity index (χ3n) is 5.35. The molecule has 7 heteroatoms. The van der Waals surface area contributed by atoms with Crippen molar-refractivity contribution in [1.82, 2.24) is 15.5 Å². The average molecular weight is 415 g/mol. The monoisotopic (exact) mass is 415 g/mol. The molecule has 2 aromatic heterocycles. The van der Waals surface area contributed by atoms with E-state index in [1.54, 1.807) is 13.0 Å². The molecule has 1 unspecified atom stereocenters. The Bertz CT molecular complexity index is 1270. The first-order valence-electron chi connectivity index (χ1n) is 10.1. The van der Waals surface area contributed by atoms with Crippen LogP contribution in [-0.2, 0) is 0 Å². The number of rotatable bonds is 4. The van der Waals surface area contributed by atoms with E-state index in [0.717, 1.165) is 16.9 Å². The van der Waals surface area contributed by atoms with Crippen LogP contribution in [0.2, 0.25) is 0 Å². The Morgan fingerprint density at radius 1 is 1.03 bits per heavy atom. The Morgan fingerprint density at radius 3 is 2.61 bits per heavy atom. The second-order valence-corrected chi connectivity index (χ2v) is 7.47. The average Bonchev–Trinajstić information content (AvgIpc) is 3.19. The molecule has 0 aliphatic carbocycles. The van der Waals surface area contributed by atoms with Crippen molar-refractivity contribution < 1.29 is 18.8 Å². The highest BCUT2D eigenvalue weighted by Gasteiger charge is 2.22. The van der Waals surface area contributed by atoms with Crippen LogP contribution in [0.3, 0.4) is 0 Å². The number of amides is 1. The number of hydrogen-bond acceptors (Lipinski definition) is 6. The van der Waals surface area contributed by atoms with Crippen molar-refractivity contribution in [2.75, 3.05) is 13.2 Å². The summed E-state index contributed by atoms with van der Waals surface area (Å²) >= 11 is 0. The van der Waals surface area contributed by atoms with Crippen LogP contribution in [0.4, 0.5) is 0 Å². The number of carbonyl (C=O) groups excluding carboxylic acids is 1. The molecule has 156 valence electrons. The minimum atomic E-state index is -0.244. The Balaban J connectivity index is 1.48. The predicted molar refractivity (Wildman–Crippen MR) is 115 cm³/mol. The van der Waals surface area contributed by atoms with Gasteiger partial charge in [-0.2, -0.15) is 0 Å². The van der Waals surface area contributed by atoms with Crippen molar-refractivity contribution in [2.24, 2.45) is 0 Å². The van der Waals surface area contributed by atoms with Gasteiger partial charge in [0.05, 0.1) is 28.4 Å². The van der Waals surface area contributed by atoms with E-state index in [-0.39, 0.29) is 11.9 Å². The Hall–Kier alpha value is -3.87. The number of aryl methyl sites for hydroxylation is 1. The van der Waals surface area contributed by atoms with Crippen molar-refractivity contribution in [3.63, 3.8) is 0 Å². The molecule has 7 nitrogen and oxygen atoms in total. The minimum Gasteiger partial charge on any atom is -0.486 e. The van der Waals surface area contributed by atoms with Crippen LogP contribution in [0.25, 0.3) is 22.4 Å². The summed E-state index contributed by atoms with van der Waals surface area (Å²) in [7, 11) is 0. The van der Waals surface area contributed by atoms with Gasteiger partial charge in [-0.15, -0.1) is 0 Å². The van der Waals surface area contributed by atoms with Gasteiger partial charge in [0.2, 0.25) is 0 Å². The third kappa shape index (κ3) is 3.59. The van der Waals surface area contributed by atoms with Crippen LogP contribution in [0.5, 0.6) is 11.5 Å². The lowest BCUT2D eigenvalue weighted by molar-refractivity contribution is 0.0941. The van der Waals surface area contributed by atoms with E-state index >= 15 is 0 Å². The Kier molecular flexibility index (Phi) is 4.78. The van der Waals surface area contributed by atoms with E-state index in [4.69, 9.17) is 14.0 Å². The van der Waals surface area contributed by atoms with Gasteiger partial charge in [-0.05, 0) is 37.6 Å². The first kappa shape index (κ1) is 19.1. The van der Waals surface area contributed by atoms with E-state index in [0.29, 0.717) is 47.0 Å². The lowest BCUT2D eigenvalue weighted by Gasteiger charge is -2.21. The van der Waals surface area contributed by atoms with Crippen molar-refractivity contribution in [1.29, 1.82) is 0 Å². The van der Waals surface area contributed by atoms with Gasteiger partial charge in [0.15, 0.2) is 11.5 Å². The maximum Gasteiger partial charge on any atom is 0.259 e. The van der Waals surface area contributed by atoms with E-state index in [9.17, 15) is 4.79 Å². The summed E-state index contributed by atoms with van der Waals surface area (Å²) in [5.41, 5.74) is 3.92. The normalized spacial score (nSPS) is 13.7. The Labute approximate surface area is 179 Å². The minimum absolute atomic E-state index is 0.224. The van der Waals surface area contributed by atoms with Crippen LogP contribution in [0.1, 0.15) is 34.6 Å². The number of nitrogens with one attached hydrogen (secondary N) is 1. The first-order valence-corrected chi connectivity index (χ1v) is 10.1. The summed E-state index contributed by atoms with van der Waals surface area (Å²) in [5, 5.41) is 7.70. The maximum atomic E-state index is 13.3. The molecule has 5 rings (SSSR count). The summed E-state index contributed by atoms with van der Waals surface area (Å²) in [6, 6.07) is 16.9. The number of aromatic nitrogens is 2. The van der Waals surface area contributed by atoms with Gasteiger partial charge >= 0.3 is 0 Å². The molecular weight excluding hydrogens is 394 g/mol. The fraction of sp³-hybridized carbons (Fsp3) is 0.208. The number of ether oxygens (including phenoxy) is 2. The molecule has 31 heavy (non-hydrogen) atoms. The smallest absolute Gasteiger partial charge is 0.259 e. The predicted octanol–water partition coefficient (Wildman–Crippen LogP) is 4.46. The topological polar surface area (TPSA) is 86.5 Å². The number of pyridine rings is 1. The standard InChI is InChI=1S/C24H21N3O4/c1-14(17-8-9-20-21(12-17)30-11-10-29-20)25-23(28)18-13-19(16-6-4-3-5-7-16)26-24-22(18)15(2)27-31-24/h3-9,12-14H,10-11H2,1-2H3,(H,25,28). The number of nitrogens with zero attached hydrogens (tertiary/aromatic N) is 2. The van der Waals surface area contributed by atoms with Crippen molar-refractivity contribution in [3.05, 3.63) is 71.4 Å². The highest BCUT2D eigenvalue weighted by molar-refractivity contribution is 6.07. The van der Waals surface area contributed by atoms with Crippen molar-refractivity contribution in [2.45, 2.75) is 19.9 Å². The van der Waals surface area contributed by atoms with Crippen LogP contribution in [0.15, 0.2) is 59.1 Å². The second-order valence-electron chi connectivity index (χ2n) is 7.47. The molecule has 0 saturated carbocycles. The van der Waals surface area contributed by atoms with E-state index in [2.05, 4.69) is 15.5 Å². The SMILES string of the molecule is Cc1noc2nc(-c3ccccc3)cc(C(=O)NC(C)c3ccc4c(c3)OCCO4)c12. The molecule has 1 aliphatic rings. The molecule has 1 amide bonds. The summed E-state index contributed by atoms with van der Waals surface area (Å²) in [6.45, 7) is 4.79. The molecule has 0 bridgehead atoms. The largest absolute Gasteiger partial charge is 0.486 e. The zero-order chi connectivity index (χ0) is 21.4. The van der Waals surface area contributed by atoms with Crippen LogP contribution < -0.4 is 14.8 Å². The van der Waals surface area contributed by atoms with Gasteiger partial charge in [0.25, 0.3) is 11.6 Å². The van der Waals surface area contributed by atoms with Gasteiger partial charge in [0, 0.05) is 5.56 Å². The lowest BCUT2D eigenvalue weighted by Crippen LogP contribution is -2.27. The second kappa shape index (κ2) is 7.75. The van der Waals surface area contributed by atoms with E-state index in [1.165, 1.54) is 0 Å². The van der Waals surface area contributed by atoms with Crippen LogP contribution in [0, 0.1) is 6.92 Å². The molecule has 0 spiro atoms. The zero-order valence-corrected chi connectivity index (χ0v) is 17.2. The fourth-order valence-electron chi connectivity index (χ4n) is 3.72. The number of carbonyl (C=O) groups is 1. The molecule has 1 aliphatic heterocycles. The zero-order valence-electron chi connectivity index (χ0n) is 17.2. The van der Waals surface area contributed by atoms with Gasteiger partial charge in [-0.3, -0.25) is 4.79 Å². The van der Waals surface area contributed by atoms with Crippen molar-refractivity contribution in [3.8, 4) is 22.8 Å². The number of fused-ring (bicyclic) bond motifs is 2. The van der Waals surface area contributed by atoms with Gasteiger partial charge in [-0.1, -0.05) is 41.6 Å². The number of hydrogen-bond donors (Lipinski definition) is 1. The van der Waals surface area contributed by atoms with Gasteiger partial charge < -0.3 is 19.3 Å². The highest BCUT2D eigenvalue weighted by Crippen LogP contribution is 2.33. The molecule has 3 heterocycles. The maximum absolute atomic E-state index is 13.3. The molecule has 4 aromatic rings. The molecule has 0 saturated heterocycles. The van der Waals surface area contributed by atoms with Crippen LogP contribution >= 0.6 is 0 Å². The molecule has 1 N–H and O–H groups in total. The molecule has 1 atom stereocenters. The summed E-state index contributed by atoms with van der Waals surface area (Å²) in [4.78, 5) is 17.9. The van der Waals surface area contributed by atoms with Gasteiger partial charge in [0.1, 0.15) is 13.2 Å². The Morgan fingerprint density at radius 2 is 1.81 bits per heavy atom. The third-order valence-corrected chi connectivity index (χ3v) is 5.35. The summed E-state index contributed by atoms with van der Waals surface area (Å²) < 4.78 is 16.6. The van der Waals surface area contributed by atoms with Crippen molar-refractivity contribution >= 4 is 17.0 Å². The summed E-state index contributed by atoms with van der Waals surface area (Å²) in [6.07, 6.45) is 0. The highest BCUT2D eigenvalue weighted by atomic mass is 16.6. The van der Waals surface area contributed by atoms with E-state index in [1.807, 2.05) is 55.5 Å². The lowest BCUT2D eigenvalue weighted by atomic mass is 10.0. The molecule has 0 fully saturated rings. The summed E-state index contributed by atoms with van der Waals surface area (Å²) in [5.74, 6) is 1.19. The molecule has 0 radical (unpaired) electrons. The molecular formula is C24H21N3O4. The van der Waals surface area contributed by atoms with E-state index < -0.39 is 0 Å². The fourth-order valence-corrected chi connectivity index (χ4v) is 3.72. The van der Waals surface area contributed by atoms with Crippen LogP contribution in [-0.4, -0.2) is 29.3 Å². The van der Waals surface area contributed by atoms with Gasteiger partial charge in [-0.25, -0.2) is 4.98 Å². The molecule has 2 aromatic carbocycles. The first-order chi connectivity index (χ1) is 15.1.